The Kier molecular flexibility index (Phi) is 10.7. The van der Waals surface area contributed by atoms with Crippen molar-refractivity contribution in [1.82, 2.24) is 0 Å². The second-order valence-corrected chi connectivity index (χ2v) is 6.00. The number of carboxylic acids is 1. The highest BCUT2D eigenvalue weighted by Crippen LogP contribution is 2.21. The van der Waals surface area contributed by atoms with Crippen molar-refractivity contribution in [3.63, 3.8) is 0 Å². The number of hydrogen-bond donors (Lipinski definition) is 1. The predicted octanol–water partition coefficient (Wildman–Crippen LogP) is 6.23. The fourth-order valence-corrected chi connectivity index (χ4v) is 2.59. The molecule has 23 heavy (non-hydrogen) atoms. The SMILES string of the molecule is CCCCCCCCCC(=C=CCCC(=O)O)c1ccccc1. The summed E-state index contributed by atoms with van der Waals surface area (Å²) in [7, 11) is 0. The molecular formula is C21H30O2. The Balaban J connectivity index is 2.49. The molecule has 1 aromatic rings. The zero-order chi connectivity index (χ0) is 16.8. The van der Waals surface area contributed by atoms with Crippen LogP contribution in [0.4, 0.5) is 0 Å². The van der Waals surface area contributed by atoms with Crippen LogP contribution in [-0.4, -0.2) is 11.1 Å². The smallest absolute Gasteiger partial charge is 0.303 e. The average molecular weight is 314 g/mol. The first kappa shape index (κ1) is 19.3. The van der Waals surface area contributed by atoms with Gasteiger partial charge < -0.3 is 5.11 Å². The molecule has 1 aromatic carbocycles. The van der Waals surface area contributed by atoms with Crippen molar-refractivity contribution in [2.45, 2.75) is 71.1 Å². The number of carbonyl (C=O) groups is 1. The molecule has 0 fully saturated rings. The predicted molar refractivity (Wildman–Crippen MR) is 97.4 cm³/mol. The summed E-state index contributed by atoms with van der Waals surface area (Å²) in [6, 6.07) is 10.3. The summed E-state index contributed by atoms with van der Waals surface area (Å²) in [5, 5.41) is 8.70. The minimum atomic E-state index is -0.753. The van der Waals surface area contributed by atoms with E-state index in [0.717, 1.165) is 6.42 Å². The fraction of sp³-hybridized carbons (Fsp3) is 0.524. The zero-order valence-electron chi connectivity index (χ0n) is 14.4. The van der Waals surface area contributed by atoms with Gasteiger partial charge in [-0.2, -0.15) is 0 Å². The Labute approximate surface area is 140 Å². The molecule has 0 aromatic heterocycles. The summed E-state index contributed by atoms with van der Waals surface area (Å²) >= 11 is 0. The van der Waals surface area contributed by atoms with Gasteiger partial charge in [0.1, 0.15) is 0 Å². The second-order valence-electron chi connectivity index (χ2n) is 6.00. The largest absolute Gasteiger partial charge is 0.481 e. The molecule has 2 nitrogen and oxygen atoms in total. The van der Waals surface area contributed by atoms with E-state index in [1.165, 1.54) is 56.1 Å². The van der Waals surface area contributed by atoms with Gasteiger partial charge in [0.05, 0.1) is 0 Å². The van der Waals surface area contributed by atoms with Crippen LogP contribution in [0.15, 0.2) is 42.1 Å². The van der Waals surface area contributed by atoms with Gasteiger partial charge in [0.25, 0.3) is 0 Å². The van der Waals surface area contributed by atoms with E-state index in [0.29, 0.717) is 6.42 Å². The highest BCUT2D eigenvalue weighted by molar-refractivity contribution is 5.67. The van der Waals surface area contributed by atoms with Crippen LogP contribution in [0.3, 0.4) is 0 Å². The van der Waals surface area contributed by atoms with Crippen LogP contribution in [-0.2, 0) is 4.79 Å². The van der Waals surface area contributed by atoms with E-state index in [2.05, 4.69) is 24.8 Å². The van der Waals surface area contributed by atoms with E-state index < -0.39 is 5.97 Å². The van der Waals surface area contributed by atoms with Gasteiger partial charge in [-0.15, -0.1) is 5.73 Å². The first-order chi connectivity index (χ1) is 11.2. The molecular weight excluding hydrogens is 284 g/mol. The van der Waals surface area contributed by atoms with Crippen molar-refractivity contribution < 1.29 is 9.90 Å². The molecule has 2 heteroatoms. The maximum atomic E-state index is 10.6. The van der Waals surface area contributed by atoms with Crippen molar-refractivity contribution in [1.29, 1.82) is 0 Å². The molecule has 0 radical (unpaired) electrons. The molecule has 0 aliphatic rings. The van der Waals surface area contributed by atoms with Gasteiger partial charge in [0.15, 0.2) is 0 Å². The molecule has 126 valence electrons. The van der Waals surface area contributed by atoms with E-state index in [-0.39, 0.29) is 6.42 Å². The summed E-state index contributed by atoms with van der Waals surface area (Å²) in [5.41, 5.74) is 5.73. The van der Waals surface area contributed by atoms with E-state index in [1.54, 1.807) is 0 Å². The zero-order valence-corrected chi connectivity index (χ0v) is 14.4. The van der Waals surface area contributed by atoms with E-state index >= 15 is 0 Å². The number of hydrogen-bond acceptors (Lipinski definition) is 1. The normalized spacial score (nSPS) is 10.1. The molecule has 0 amide bonds. The topological polar surface area (TPSA) is 37.3 Å². The molecule has 0 bridgehead atoms. The molecule has 0 saturated heterocycles. The molecule has 1 rings (SSSR count). The molecule has 1 N–H and O–H groups in total. The van der Waals surface area contributed by atoms with Crippen molar-refractivity contribution in [2.24, 2.45) is 0 Å². The van der Waals surface area contributed by atoms with Gasteiger partial charge in [-0.05, 0) is 30.9 Å². The standard InChI is InChI=1S/C21H30O2/c1-2-3-4-5-6-7-9-14-20(17-12-13-18-21(22)23)19-15-10-8-11-16-19/h8,10-12,15-16H,2-7,9,13-14,18H2,1H3,(H,22,23). The second kappa shape index (κ2) is 12.7. The van der Waals surface area contributed by atoms with E-state index in [4.69, 9.17) is 5.11 Å². The summed E-state index contributed by atoms with van der Waals surface area (Å²) < 4.78 is 0. The van der Waals surface area contributed by atoms with Crippen LogP contribution < -0.4 is 0 Å². The Morgan fingerprint density at radius 3 is 2.30 bits per heavy atom. The van der Waals surface area contributed by atoms with Crippen LogP contribution in [0.5, 0.6) is 0 Å². The Hall–Kier alpha value is -1.79. The first-order valence-electron chi connectivity index (χ1n) is 8.95. The van der Waals surface area contributed by atoms with Gasteiger partial charge in [-0.3, -0.25) is 4.79 Å². The molecule has 0 aliphatic heterocycles. The third-order valence-corrected chi connectivity index (χ3v) is 3.93. The maximum Gasteiger partial charge on any atom is 0.303 e. The van der Waals surface area contributed by atoms with Crippen LogP contribution in [0.1, 0.15) is 76.7 Å². The molecule has 0 unspecified atom stereocenters. The average Bonchev–Trinajstić information content (AvgIpc) is 2.56. The minimum absolute atomic E-state index is 0.173. The number of allylic oxidation sites excluding steroid dienone is 1. The first-order valence-corrected chi connectivity index (χ1v) is 8.95. The van der Waals surface area contributed by atoms with Crippen LogP contribution >= 0.6 is 0 Å². The number of benzene rings is 1. The van der Waals surface area contributed by atoms with E-state index in [1.807, 2.05) is 24.3 Å². The Morgan fingerprint density at radius 2 is 1.65 bits per heavy atom. The highest BCUT2D eigenvalue weighted by atomic mass is 16.4. The summed E-state index contributed by atoms with van der Waals surface area (Å²) in [6.07, 6.45) is 12.7. The lowest BCUT2D eigenvalue weighted by atomic mass is 9.99. The summed E-state index contributed by atoms with van der Waals surface area (Å²) in [4.78, 5) is 10.6. The third-order valence-electron chi connectivity index (χ3n) is 3.93. The summed E-state index contributed by atoms with van der Waals surface area (Å²) in [5.74, 6) is -0.753. The van der Waals surface area contributed by atoms with Gasteiger partial charge >= 0.3 is 5.97 Å². The number of aliphatic carboxylic acids is 1. The summed E-state index contributed by atoms with van der Waals surface area (Å²) in [6.45, 7) is 2.24. The number of unbranched alkanes of at least 4 members (excludes halogenated alkanes) is 6. The lowest BCUT2D eigenvalue weighted by Gasteiger charge is -2.05. The van der Waals surface area contributed by atoms with Crippen molar-refractivity contribution in [2.75, 3.05) is 0 Å². The van der Waals surface area contributed by atoms with Gasteiger partial charge in [-0.25, -0.2) is 0 Å². The van der Waals surface area contributed by atoms with E-state index in [9.17, 15) is 4.79 Å². The highest BCUT2D eigenvalue weighted by Gasteiger charge is 2.01. The number of carboxylic acid groups (broad SMARTS) is 1. The fourth-order valence-electron chi connectivity index (χ4n) is 2.59. The molecule has 0 saturated carbocycles. The lowest BCUT2D eigenvalue weighted by Crippen LogP contribution is -1.91. The Bertz CT molecular complexity index is 496. The van der Waals surface area contributed by atoms with Crippen molar-refractivity contribution in [3.8, 4) is 0 Å². The molecule has 0 aliphatic carbocycles. The van der Waals surface area contributed by atoms with Gasteiger partial charge in [-0.1, -0.05) is 75.8 Å². The van der Waals surface area contributed by atoms with Gasteiger partial charge in [0, 0.05) is 12.0 Å². The number of rotatable bonds is 12. The quantitative estimate of drug-likeness (QED) is 0.367. The van der Waals surface area contributed by atoms with Crippen molar-refractivity contribution >= 4 is 11.5 Å². The minimum Gasteiger partial charge on any atom is -0.481 e. The molecule has 0 atom stereocenters. The van der Waals surface area contributed by atoms with Crippen LogP contribution in [0.2, 0.25) is 0 Å². The van der Waals surface area contributed by atoms with Gasteiger partial charge in [0.2, 0.25) is 0 Å². The molecule has 0 spiro atoms. The van der Waals surface area contributed by atoms with Crippen LogP contribution in [0, 0.1) is 0 Å². The van der Waals surface area contributed by atoms with Crippen LogP contribution in [0.25, 0.3) is 5.57 Å². The lowest BCUT2D eigenvalue weighted by molar-refractivity contribution is -0.136. The molecule has 0 heterocycles. The maximum absolute atomic E-state index is 10.6. The van der Waals surface area contributed by atoms with Crippen molar-refractivity contribution in [3.05, 3.63) is 47.7 Å². The third kappa shape index (κ3) is 9.76. The Morgan fingerprint density at radius 1 is 1.00 bits per heavy atom. The monoisotopic (exact) mass is 314 g/mol.